The van der Waals surface area contributed by atoms with Crippen LogP contribution in [0.3, 0.4) is 0 Å². The number of fused-ring (bicyclic) bond motifs is 1. The maximum atomic E-state index is 11.5. The van der Waals surface area contributed by atoms with Gasteiger partial charge in [0.15, 0.2) is 0 Å². The first-order valence-corrected chi connectivity index (χ1v) is 7.35. The van der Waals surface area contributed by atoms with Crippen LogP contribution in [0.5, 0.6) is 0 Å². The fraction of sp³-hybridized carbons (Fsp3) is 0.900. The van der Waals surface area contributed by atoms with E-state index in [2.05, 4.69) is 2.71 Å². The molecule has 2 rings (SSSR count). The summed E-state index contributed by atoms with van der Waals surface area (Å²) >= 11 is 0.775. The first kappa shape index (κ1) is 10.9. The number of nitrogens with zero attached hydrogens (tertiary/aromatic N) is 1. The molecule has 1 aliphatic heterocycles. The summed E-state index contributed by atoms with van der Waals surface area (Å²) in [5.41, 5.74) is 0. The molecule has 0 bridgehead atoms. The Morgan fingerprint density at radius 3 is 2.79 bits per heavy atom. The summed E-state index contributed by atoms with van der Waals surface area (Å²) in [6.07, 6.45) is 6.37. The van der Waals surface area contributed by atoms with Gasteiger partial charge in [0.05, 0.1) is 0 Å². The van der Waals surface area contributed by atoms with Crippen LogP contribution in [0, 0.1) is 5.92 Å². The minimum absolute atomic E-state index is 0.0121. The van der Waals surface area contributed by atoms with Gasteiger partial charge < -0.3 is 0 Å². The molecule has 14 heavy (non-hydrogen) atoms. The van der Waals surface area contributed by atoms with Crippen LogP contribution in [0.4, 0.5) is 0 Å². The molecule has 1 saturated heterocycles. The van der Waals surface area contributed by atoms with Gasteiger partial charge >= 0.3 is 101 Å². The zero-order valence-electron chi connectivity index (χ0n) is 8.61. The van der Waals surface area contributed by atoms with E-state index in [0.717, 1.165) is 38.4 Å². The molecule has 0 N–H and O–H groups in total. The van der Waals surface area contributed by atoms with E-state index >= 15 is 0 Å². The van der Waals surface area contributed by atoms with E-state index < -0.39 is 0 Å². The molecule has 0 amide bonds. The molecule has 0 spiro atoms. The number of esters is 1. The van der Waals surface area contributed by atoms with E-state index in [1.807, 2.05) is 0 Å². The average molecular weight is 387 g/mol. The van der Waals surface area contributed by atoms with Crippen LogP contribution in [0.15, 0.2) is 0 Å². The Kier molecular flexibility index (Phi) is 3.46. The van der Waals surface area contributed by atoms with E-state index in [1.54, 1.807) is 0 Å². The van der Waals surface area contributed by atoms with E-state index in [-0.39, 0.29) is 12.0 Å². The topological polar surface area (TPSA) is 29.5 Å². The average Bonchev–Trinajstić information content (AvgIpc) is 2.56. The number of rotatable bonds is 1. The molecule has 3 atom stereocenters. The summed E-state index contributed by atoms with van der Waals surface area (Å²) in [5.74, 6) is 0.764. The van der Waals surface area contributed by atoms with Crippen LogP contribution in [-0.2, 0) is 9.53 Å². The Bertz CT molecular complexity index is 234. The van der Waals surface area contributed by atoms with Gasteiger partial charge in [-0.1, -0.05) is 0 Å². The van der Waals surface area contributed by atoms with Crippen LogP contribution in [0.2, 0.25) is 0 Å². The second-order valence-corrected chi connectivity index (χ2v) is 6.65. The predicted octanol–water partition coefficient (Wildman–Crippen LogP) is 0.876. The van der Waals surface area contributed by atoms with Crippen molar-refractivity contribution in [1.29, 1.82) is 0 Å². The first-order valence-electron chi connectivity index (χ1n) is 5.35. The first-order chi connectivity index (χ1) is 6.74. The quantitative estimate of drug-likeness (QED) is 0.495. The molecule has 1 heterocycles. The zero-order chi connectivity index (χ0) is 10.1. The van der Waals surface area contributed by atoms with E-state index in [9.17, 15) is 4.79 Å². The molecule has 2 fully saturated rings. The third-order valence-corrected chi connectivity index (χ3v) is 6.50. The zero-order valence-corrected chi connectivity index (χ0v) is 13.1. The Morgan fingerprint density at radius 1 is 1.43 bits per heavy atom. The van der Waals surface area contributed by atoms with Gasteiger partial charge in [0, 0.05) is 0 Å². The van der Waals surface area contributed by atoms with Crippen molar-refractivity contribution in [2.45, 2.75) is 44.2 Å². The van der Waals surface area contributed by atoms with Gasteiger partial charge in [-0.25, -0.2) is 0 Å². The Labute approximate surface area is 101 Å². The van der Waals surface area contributed by atoms with Crippen LogP contribution < -0.4 is 0 Å². The summed E-state index contributed by atoms with van der Waals surface area (Å²) in [4.78, 5) is 11.5. The Balaban J connectivity index is 2.06. The van der Waals surface area contributed by atoms with Gasteiger partial charge in [-0.2, -0.15) is 0 Å². The molecule has 0 aromatic rings. The predicted molar refractivity (Wildman–Crippen MR) is 53.8 cm³/mol. The van der Waals surface area contributed by atoms with Gasteiger partial charge in [-0.15, -0.1) is 0 Å². The van der Waals surface area contributed by atoms with Crippen molar-refractivity contribution >= 4 is 32.0 Å². The molecule has 1 saturated carbocycles. The molecule has 2 aliphatic rings. The summed E-state index contributed by atoms with van der Waals surface area (Å²) in [6.45, 7) is 0. The van der Waals surface area contributed by atoms with E-state index in [1.165, 1.54) is 32.8 Å². The van der Waals surface area contributed by atoms with Gasteiger partial charge in [0.25, 0.3) is 0 Å². The molecule has 0 unspecified atom stereocenters. The molecular weight excluding hydrogens is 370 g/mol. The molecule has 0 aromatic heterocycles. The summed E-state index contributed by atoms with van der Waals surface area (Å²) in [5, 5.41) is 0. The van der Waals surface area contributed by atoms with Crippen molar-refractivity contribution in [3.8, 4) is 0 Å². The normalized spacial score (nSPS) is 37.9. The van der Waals surface area contributed by atoms with Crippen molar-refractivity contribution < 1.29 is 9.53 Å². The summed E-state index contributed by atoms with van der Waals surface area (Å²) < 4.78 is 7.26. The minimum atomic E-state index is -0.0121. The van der Waals surface area contributed by atoms with Gasteiger partial charge in [0.2, 0.25) is 0 Å². The van der Waals surface area contributed by atoms with Gasteiger partial charge in [0.1, 0.15) is 0 Å². The maximum absolute atomic E-state index is 11.5. The SMILES string of the molecule is COC(=O)[C@@H]1C[C@@H]2CCCC[C@@H]2[N]1[Tl]. The second kappa shape index (κ2) is 4.47. The summed E-state index contributed by atoms with van der Waals surface area (Å²) in [7, 11) is 1.50. The molecule has 0 aromatic carbocycles. The number of hydrogen-bond acceptors (Lipinski definition) is 3. The third kappa shape index (κ3) is 1.85. The standard InChI is InChI=1S/C10H16NO2.Tl/c1-13-10(12)9-6-7-4-2-3-5-8(7)11-9;/h7-9H,2-6H2,1H3;/q-1;+1/t7-,8-,9-;/m0./s1. The molecule has 0 radical (unpaired) electrons. The molecular formula is C10H16NO2Tl. The number of carbonyl (C=O) groups excluding carboxylic acids is 1. The number of hydrogen-bond donors (Lipinski definition) is 0. The van der Waals surface area contributed by atoms with Crippen molar-refractivity contribution in [2.75, 3.05) is 7.11 Å². The van der Waals surface area contributed by atoms with Gasteiger partial charge in [-0.3, -0.25) is 0 Å². The molecule has 4 heteroatoms. The van der Waals surface area contributed by atoms with Crippen molar-refractivity contribution in [3.05, 3.63) is 0 Å². The number of methoxy groups -OCH3 is 1. The Morgan fingerprint density at radius 2 is 2.14 bits per heavy atom. The monoisotopic (exact) mass is 387 g/mol. The van der Waals surface area contributed by atoms with Gasteiger partial charge in [-0.05, 0) is 0 Å². The fourth-order valence-electron chi connectivity index (χ4n) is 2.85. The number of carbonyl (C=O) groups is 1. The van der Waals surface area contributed by atoms with Crippen molar-refractivity contribution in [2.24, 2.45) is 5.92 Å². The van der Waals surface area contributed by atoms with E-state index in [4.69, 9.17) is 4.74 Å². The van der Waals surface area contributed by atoms with Crippen molar-refractivity contribution in [1.82, 2.24) is 2.71 Å². The molecule has 3 nitrogen and oxygen atoms in total. The van der Waals surface area contributed by atoms with Crippen LogP contribution >= 0.6 is 0 Å². The second-order valence-electron chi connectivity index (χ2n) is 4.33. The van der Waals surface area contributed by atoms with E-state index in [0.29, 0.717) is 6.04 Å². The van der Waals surface area contributed by atoms with Crippen molar-refractivity contribution in [3.63, 3.8) is 0 Å². The Hall–Kier alpha value is 0.352. The molecule has 76 valence electrons. The van der Waals surface area contributed by atoms with Crippen LogP contribution in [0.25, 0.3) is 0 Å². The summed E-state index contributed by atoms with van der Waals surface area (Å²) in [6, 6.07) is 0.802. The fourth-order valence-corrected chi connectivity index (χ4v) is 5.32. The third-order valence-electron chi connectivity index (χ3n) is 3.61. The van der Waals surface area contributed by atoms with Crippen LogP contribution in [0.1, 0.15) is 32.1 Å². The van der Waals surface area contributed by atoms with Crippen LogP contribution in [-0.4, -0.2) is 53.9 Å². The number of ether oxygens (including phenoxy) is 1. The molecule has 1 aliphatic carbocycles.